The fraction of sp³-hybridized carbons (Fsp3) is 0.407. The summed E-state index contributed by atoms with van der Waals surface area (Å²) in [6.45, 7) is 1.69. The molecular formula is C27H29F3N6O4. The van der Waals surface area contributed by atoms with E-state index < -0.39 is 24.3 Å². The third kappa shape index (κ3) is 5.74. The monoisotopic (exact) mass is 558 g/mol. The topological polar surface area (TPSA) is 136 Å². The number of carboxylic acids is 1. The van der Waals surface area contributed by atoms with Gasteiger partial charge in [-0.05, 0) is 41.9 Å². The molecule has 2 aromatic heterocycles. The fourth-order valence-electron chi connectivity index (χ4n) is 5.39. The van der Waals surface area contributed by atoms with E-state index in [-0.39, 0.29) is 28.4 Å². The molecule has 0 aliphatic carbocycles. The number of rotatable bonds is 6. The Morgan fingerprint density at radius 3 is 2.42 bits per heavy atom. The van der Waals surface area contributed by atoms with Crippen LogP contribution in [0.3, 0.4) is 0 Å². The van der Waals surface area contributed by atoms with E-state index in [1.165, 1.54) is 41.0 Å². The van der Waals surface area contributed by atoms with Gasteiger partial charge in [-0.1, -0.05) is 24.3 Å². The van der Waals surface area contributed by atoms with Crippen LogP contribution in [0.5, 0.6) is 5.88 Å². The number of aromatic nitrogens is 3. The van der Waals surface area contributed by atoms with Crippen LogP contribution in [0.2, 0.25) is 0 Å². The Morgan fingerprint density at radius 1 is 1.15 bits per heavy atom. The lowest BCUT2D eigenvalue weighted by molar-refractivity contribution is -0.198. The minimum atomic E-state index is -4.74. The molecule has 3 aromatic rings. The summed E-state index contributed by atoms with van der Waals surface area (Å²) in [5.41, 5.74) is 6.72. The van der Waals surface area contributed by atoms with Crippen molar-refractivity contribution < 1.29 is 27.8 Å². The second kappa shape index (κ2) is 10.5. The van der Waals surface area contributed by atoms with Crippen molar-refractivity contribution in [1.82, 2.24) is 19.9 Å². The number of ether oxygens (including phenoxy) is 1. The lowest BCUT2D eigenvalue weighted by Crippen LogP contribution is -2.41. The minimum absolute atomic E-state index is 0.124. The van der Waals surface area contributed by atoms with Gasteiger partial charge in [-0.3, -0.25) is 9.59 Å². The maximum atomic E-state index is 14.1. The zero-order chi connectivity index (χ0) is 28.7. The smallest absolute Gasteiger partial charge is 0.429 e. The van der Waals surface area contributed by atoms with Gasteiger partial charge in [-0.2, -0.15) is 23.1 Å². The molecule has 4 heterocycles. The Balaban J connectivity index is 1.33. The Bertz CT molecular complexity index is 1450. The van der Waals surface area contributed by atoms with Gasteiger partial charge in [0.1, 0.15) is 11.9 Å². The molecule has 0 radical (unpaired) electrons. The zero-order valence-electron chi connectivity index (χ0n) is 21.7. The number of benzene rings is 1. The van der Waals surface area contributed by atoms with E-state index in [2.05, 4.69) is 15.3 Å². The number of halogens is 3. The van der Waals surface area contributed by atoms with E-state index in [0.29, 0.717) is 55.8 Å². The number of carboxylic acid groups (broad SMARTS) is 1. The van der Waals surface area contributed by atoms with Gasteiger partial charge in [0.15, 0.2) is 0 Å². The van der Waals surface area contributed by atoms with E-state index in [1.54, 1.807) is 19.3 Å². The number of anilines is 2. The number of nitrogen functional groups attached to an aromatic ring is 1. The van der Waals surface area contributed by atoms with Crippen molar-refractivity contribution in [2.24, 2.45) is 12.5 Å². The van der Waals surface area contributed by atoms with Crippen LogP contribution in [0, 0.1) is 5.41 Å². The average molecular weight is 559 g/mol. The first-order chi connectivity index (χ1) is 18.9. The summed E-state index contributed by atoms with van der Waals surface area (Å²) in [7, 11) is 1.60. The van der Waals surface area contributed by atoms with Gasteiger partial charge in [0, 0.05) is 50.6 Å². The van der Waals surface area contributed by atoms with Crippen LogP contribution in [0.25, 0.3) is 11.1 Å². The van der Waals surface area contributed by atoms with Crippen LogP contribution in [-0.2, 0) is 11.8 Å². The Labute approximate surface area is 227 Å². The summed E-state index contributed by atoms with van der Waals surface area (Å²) < 4.78 is 49.2. The molecule has 1 unspecified atom stereocenters. The molecule has 0 bridgehead atoms. The normalized spacial score (nSPS) is 19.5. The second-order valence-electron chi connectivity index (χ2n) is 10.4. The molecule has 2 fully saturated rings. The highest BCUT2D eigenvalue weighted by Crippen LogP contribution is 2.41. The van der Waals surface area contributed by atoms with E-state index in [0.717, 1.165) is 0 Å². The first-order valence-corrected chi connectivity index (χ1v) is 12.8. The second-order valence-corrected chi connectivity index (χ2v) is 10.4. The summed E-state index contributed by atoms with van der Waals surface area (Å²) in [6, 6.07) is 9.50. The third-order valence-electron chi connectivity index (χ3n) is 7.68. The molecule has 2 aliphatic heterocycles. The predicted octanol–water partition coefficient (Wildman–Crippen LogP) is 3.14. The summed E-state index contributed by atoms with van der Waals surface area (Å²) in [5.74, 6) is -1.04. The first kappa shape index (κ1) is 27.4. The molecule has 2 atom stereocenters. The molecule has 1 aromatic carbocycles. The molecule has 0 amide bonds. The molecule has 4 N–H and O–H groups in total. The highest BCUT2D eigenvalue weighted by Gasteiger charge is 2.45. The van der Waals surface area contributed by atoms with Crippen LogP contribution >= 0.6 is 0 Å². The van der Waals surface area contributed by atoms with Gasteiger partial charge in [0.25, 0.3) is 0 Å². The van der Waals surface area contributed by atoms with Crippen LogP contribution in [0.1, 0.15) is 30.9 Å². The van der Waals surface area contributed by atoms with Crippen LogP contribution in [0.15, 0.2) is 53.5 Å². The van der Waals surface area contributed by atoms with Crippen LogP contribution in [-0.4, -0.2) is 57.5 Å². The first-order valence-electron chi connectivity index (χ1n) is 12.8. The molecule has 13 heteroatoms. The number of aryl methyl sites for hydroxylation is 1. The third-order valence-corrected chi connectivity index (χ3v) is 7.68. The Kier molecular flexibility index (Phi) is 7.17. The number of nitrogens with two attached hydrogens (primary N) is 1. The van der Waals surface area contributed by atoms with E-state index in [9.17, 15) is 27.9 Å². The highest BCUT2D eigenvalue weighted by atomic mass is 19.4. The summed E-state index contributed by atoms with van der Waals surface area (Å²) in [4.78, 5) is 33.0. The number of pyridine rings is 1. The number of hydrogen-bond donors (Lipinski definition) is 3. The molecule has 40 heavy (non-hydrogen) atoms. The van der Waals surface area contributed by atoms with Crippen molar-refractivity contribution in [3.63, 3.8) is 0 Å². The zero-order valence-corrected chi connectivity index (χ0v) is 21.7. The summed E-state index contributed by atoms with van der Waals surface area (Å²) in [5, 5.41) is 12.4. The maximum absolute atomic E-state index is 14.1. The van der Waals surface area contributed by atoms with Crippen molar-refractivity contribution in [2.45, 2.75) is 37.6 Å². The van der Waals surface area contributed by atoms with Gasteiger partial charge >= 0.3 is 12.1 Å². The Hall–Kier alpha value is -4.13. The number of piperidine rings is 1. The van der Waals surface area contributed by atoms with Gasteiger partial charge in [0.05, 0.1) is 0 Å². The van der Waals surface area contributed by atoms with Gasteiger partial charge in [-0.25, -0.2) is 0 Å². The largest absolute Gasteiger partial charge is 0.480 e. The molecule has 212 valence electrons. The number of alkyl halides is 3. The molecule has 1 spiro atoms. The average Bonchev–Trinajstić information content (AvgIpc) is 3.32. The van der Waals surface area contributed by atoms with Crippen LogP contribution in [0.4, 0.5) is 24.9 Å². The predicted molar refractivity (Wildman–Crippen MR) is 141 cm³/mol. The summed E-state index contributed by atoms with van der Waals surface area (Å²) >= 11 is 0. The van der Waals surface area contributed by atoms with Crippen molar-refractivity contribution in [2.75, 3.05) is 30.3 Å². The number of nitrogens with one attached hydrogen (secondary N) is 1. The number of aliphatic carboxylic acids is 1. The van der Waals surface area contributed by atoms with Crippen molar-refractivity contribution in [3.05, 3.63) is 64.6 Å². The summed E-state index contributed by atoms with van der Waals surface area (Å²) in [6.07, 6.45) is -3.49. The van der Waals surface area contributed by atoms with Crippen molar-refractivity contribution >= 4 is 17.7 Å². The van der Waals surface area contributed by atoms with E-state index >= 15 is 0 Å². The molecule has 0 saturated carbocycles. The van der Waals surface area contributed by atoms with E-state index in [1.807, 2.05) is 4.90 Å². The van der Waals surface area contributed by atoms with Crippen LogP contribution < -0.4 is 26.2 Å². The Morgan fingerprint density at radius 2 is 1.82 bits per heavy atom. The maximum Gasteiger partial charge on any atom is 0.429 e. The standard InChI is InChI=1S/C27H29F3N6O4/c1-35-14-18(6-7-22(35)37)16-2-4-17(5-3-16)23(27(28,29)30)40-21-12-20(33-25(31)34-21)36-10-8-26(9-11-36)13-19(24(38)39)32-15-26/h2-7,12,14,19,23,32H,8-11,13,15H2,1H3,(H,38,39)(H2,31,33,34)/t19?,23-/m1/s1. The van der Waals surface area contributed by atoms with Crippen molar-refractivity contribution in [1.29, 1.82) is 0 Å². The quantitative estimate of drug-likeness (QED) is 0.417. The van der Waals surface area contributed by atoms with Crippen molar-refractivity contribution in [3.8, 4) is 17.0 Å². The minimum Gasteiger partial charge on any atom is -0.480 e. The molecule has 2 saturated heterocycles. The molecular weight excluding hydrogens is 529 g/mol. The van der Waals surface area contributed by atoms with Gasteiger partial charge in [-0.15, -0.1) is 0 Å². The van der Waals surface area contributed by atoms with Gasteiger partial charge in [0.2, 0.25) is 23.5 Å². The number of hydrogen-bond acceptors (Lipinski definition) is 8. The van der Waals surface area contributed by atoms with Gasteiger partial charge < -0.3 is 30.4 Å². The lowest BCUT2D eigenvalue weighted by atomic mass is 9.76. The number of carbonyl (C=O) groups is 1. The molecule has 2 aliphatic rings. The highest BCUT2D eigenvalue weighted by molar-refractivity contribution is 5.74. The molecule has 5 rings (SSSR count). The lowest BCUT2D eigenvalue weighted by Gasteiger charge is -2.39. The fourth-order valence-corrected chi connectivity index (χ4v) is 5.39. The van der Waals surface area contributed by atoms with E-state index in [4.69, 9.17) is 10.5 Å². The molecule has 10 nitrogen and oxygen atoms in total. The SMILES string of the molecule is Cn1cc(-c2ccc([C@@H](Oc3cc(N4CCC5(CC4)CNC(C(=O)O)C5)nc(N)n3)C(F)(F)F)cc2)ccc1=O. The number of nitrogens with zero attached hydrogens (tertiary/aromatic N) is 4.